The minimum Gasteiger partial charge on any atom is -0.300 e. The van der Waals surface area contributed by atoms with Gasteiger partial charge in [-0.3, -0.25) is 4.57 Å². The van der Waals surface area contributed by atoms with Crippen LogP contribution in [0.5, 0.6) is 0 Å². The maximum Gasteiger partial charge on any atom is 0.408 e. The summed E-state index contributed by atoms with van der Waals surface area (Å²) >= 11 is 1.22. The number of hydrogen-bond donors (Lipinski definition) is 0. The van der Waals surface area contributed by atoms with E-state index in [1.165, 1.54) is 17.5 Å². The van der Waals surface area contributed by atoms with Crippen LogP contribution >= 0.6 is 11.3 Å². The number of nitrogens with zero attached hydrogens (tertiary/aromatic N) is 4. The third-order valence-corrected chi connectivity index (χ3v) is 2.86. The van der Waals surface area contributed by atoms with Crippen LogP contribution in [0.1, 0.15) is 13.0 Å². The number of aromatic nitrogens is 4. The molecule has 2 aromatic rings. The van der Waals surface area contributed by atoms with Gasteiger partial charge in [0, 0.05) is 11.6 Å². The normalized spacial score (nSPS) is 14.0. The maximum absolute atomic E-state index is 12.5. The molecule has 8 heteroatoms. The summed E-state index contributed by atoms with van der Waals surface area (Å²) in [6.07, 6.45) is -1.75. The van der Waals surface area contributed by atoms with Gasteiger partial charge in [0.05, 0.1) is 0 Å². The minimum absolute atomic E-state index is 0.139. The van der Waals surface area contributed by atoms with Gasteiger partial charge in [-0.15, -0.1) is 21.5 Å². The fraction of sp³-hybridized carbons (Fsp3) is 0.375. The van der Waals surface area contributed by atoms with E-state index >= 15 is 0 Å². The van der Waals surface area contributed by atoms with Crippen LogP contribution in [-0.4, -0.2) is 25.9 Å². The summed E-state index contributed by atoms with van der Waals surface area (Å²) in [5.74, 6) is 0.139. The van der Waals surface area contributed by atoms with Crippen LogP contribution in [0.4, 0.5) is 13.2 Å². The molecule has 16 heavy (non-hydrogen) atoms. The van der Waals surface area contributed by atoms with Crippen molar-refractivity contribution in [2.24, 2.45) is 0 Å². The van der Waals surface area contributed by atoms with Gasteiger partial charge in [-0.1, -0.05) is 0 Å². The Balaban J connectivity index is 2.41. The first kappa shape index (κ1) is 11.1. The highest BCUT2D eigenvalue weighted by molar-refractivity contribution is 7.13. The topological polar surface area (TPSA) is 43.6 Å². The number of hydrogen-bond acceptors (Lipinski definition) is 4. The molecule has 1 atom stereocenters. The van der Waals surface area contributed by atoms with E-state index in [0.717, 1.165) is 17.8 Å². The zero-order valence-electron chi connectivity index (χ0n) is 8.14. The third-order valence-electron chi connectivity index (χ3n) is 2.09. The highest BCUT2D eigenvalue weighted by Crippen LogP contribution is 2.32. The Labute approximate surface area is 92.8 Å². The Morgan fingerprint density at radius 1 is 1.44 bits per heavy atom. The Morgan fingerprint density at radius 2 is 2.19 bits per heavy atom. The van der Waals surface area contributed by atoms with Crippen molar-refractivity contribution >= 4 is 11.3 Å². The van der Waals surface area contributed by atoms with E-state index in [1.807, 2.05) is 0 Å². The summed E-state index contributed by atoms with van der Waals surface area (Å²) in [6, 6.07) is -1.67. The highest BCUT2D eigenvalue weighted by atomic mass is 32.1. The summed E-state index contributed by atoms with van der Waals surface area (Å²) in [5.41, 5.74) is 0. The van der Waals surface area contributed by atoms with Crippen LogP contribution in [0.25, 0.3) is 10.8 Å². The number of alkyl halides is 3. The molecule has 86 valence electrons. The van der Waals surface area contributed by atoms with Crippen LogP contribution < -0.4 is 0 Å². The SMILES string of the molecule is CC(n1cnnc1-c1nccs1)C(F)(F)F. The van der Waals surface area contributed by atoms with Crippen molar-refractivity contribution in [3.8, 4) is 10.8 Å². The fourth-order valence-corrected chi connectivity index (χ4v) is 1.79. The van der Waals surface area contributed by atoms with Crippen molar-refractivity contribution < 1.29 is 13.2 Å². The van der Waals surface area contributed by atoms with Crippen molar-refractivity contribution in [1.82, 2.24) is 19.7 Å². The molecule has 0 radical (unpaired) electrons. The molecule has 0 aromatic carbocycles. The maximum atomic E-state index is 12.5. The van der Waals surface area contributed by atoms with E-state index in [1.54, 1.807) is 5.38 Å². The molecule has 1 unspecified atom stereocenters. The molecule has 0 aliphatic heterocycles. The predicted octanol–water partition coefficient (Wildman–Crippen LogP) is 2.52. The molecule has 0 amide bonds. The lowest BCUT2D eigenvalue weighted by atomic mass is 10.3. The van der Waals surface area contributed by atoms with Gasteiger partial charge in [0.2, 0.25) is 0 Å². The Morgan fingerprint density at radius 3 is 2.75 bits per heavy atom. The third kappa shape index (κ3) is 1.92. The molecule has 0 saturated carbocycles. The quantitative estimate of drug-likeness (QED) is 0.820. The number of halogens is 3. The fourth-order valence-electron chi connectivity index (χ4n) is 1.17. The molecule has 0 fully saturated rings. The van der Waals surface area contributed by atoms with E-state index < -0.39 is 12.2 Å². The van der Waals surface area contributed by atoms with Crippen molar-refractivity contribution in [2.75, 3.05) is 0 Å². The second kappa shape index (κ2) is 3.85. The van der Waals surface area contributed by atoms with Gasteiger partial charge in [-0.25, -0.2) is 4.98 Å². The van der Waals surface area contributed by atoms with Gasteiger partial charge in [0.15, 0.2) is 10.8 Å². The predicted molar refractivity (Wildman–Crippen MR) is 51.9 cm³/mol. The van der Waals surface area contributed by atoms with Crippen LogP contribution in [0.15, 0.2) is 17.9 Å². The van der Waals surface area contributed by atoms with Gasteiger partial charge < -0.3 is 0 Å². The lowest BCUT2D eigenvalue weighted by molar-refractivity contribution is -0.162. The van der Waals surface area contributed by atoms with Crippen LogP contribution in [0.3, 0.4) is 0 Å². The van der Waals surface area contributed by atoms with Gasteiger partial charge >= 0.3 is 6.18 Å². The summed E-state index contributed by atoms with van der Waals surface area (Å²) in [4.78, 5) is 3.91. The monoisotopic (exact) mass is 248 g/mol. The Kier molecular flexibility index (Phi) is 2.66. The first-order valence-electron chi connectivity index (χ1n) is 4.36. The molecule has 2 rings (SSSR count). The van der Waals surface area contributed by atoms with Crippen LogP contribution in [-0.2, 0) is 0 Å². The van der Waals surface area contributed by atoms with E-state index in [4.69, 9.17) is 0 Å². The molecule has 0 aliphatic carbocycles. The molecular formula is C8H7F3N4S. The Bertz CT molecular complexity index is 462. The molecule has 0 bridgehead atoms. The molecule has 0 N–H and O–H groups in total. The van der Waals surface area contributed by atoms with Gasteiger partial charge in [-0.2, -0.15) is 13.2 Å². The summed E-state index contributed by atoms with van der Waals surface area (Å²) < 4.78 is 38.6. The van der Waals surface area contributed by atoms with Crippen molar-refractivity contribution in [1.29, 1.82) is 0 Å². The second-order valence-corrected chi connectivity index (χ2v) is 4.01. The summed E-state index contributed by atoms with van der Waals surface area (Å²) in [5, 5.41) is 9.24. The van der Waals surface area contributed by atoms with Crippen molar-refractivity contribution in [3.63, 3.8) is 0 Å². The van der Waals surface area contributed by atoms with Gasteiger partial charge in [0.1, 0.15) is 12.4 Å². The van der Waals surface area contributed by atoms with Gasteiger partial charge in [-0.05, 0) is 6.92 Å². The van der Waals surface area contributed by atoms with E-state index in [2.05, 4.69) is 15.2 Å². The van der Waals surface area contributed by atoms with Crippen LogP contribution in [0, 0.1) is 0 Å². The molecule has 0 saturated heterocycles. The molecule has 2 heterocycles. The standard InChI is InChI=1S/C8H7F3N4S/c1-5(8(9,10)11)15-4-13-14-6(15)7-12-2-3-16-7/h2-5H,1H3. The van der Waals surface area contributed by atoms with Crippen LogP contribution in [0.2, 0.25) is 0 Å². The molecule has 2 aromatic heterocycles. The summed E-state index contributed by atoms with van der Waals surface area (Å²) in [6.45, 7) is 1.06. The van der Waals surface area contributed by atoms with Crippen molar-refractivity contribution in [2.45, 2.75) is 19.1 Å². The first-order valence-corrected chi connectivity index (χ1v) is 5.24. The molecular weight excluding hydrogens is 241 g/mol. The van der Waals surface area contributed by atoms with Gasteiger partial charge in [0.25, 0.3) is 0 Å². The average molecular weight is 248 g/mol. The second-order valence-electron chi connectivity index (χ2n) is 3.12. The molecule has 0 aliphatic rings. The summed E-state index contributed by atoms with van der Waals surface area (Å²) in [7, 11) is 0. The minimum atomic E-state index is -4.33. The number of rotatable bonds is 2. The van der Waals surface area contributed by atoms with E-state index in [0.29, 0.717) is 5.01 Å². The molecule has 4 nitrogen and oxygen atoms in total. The smallest absolute Gasteiger partial charge is 0.300 e. The highest BCUT2D eigenvalue weighted by Gasteiger charge is 2.38. The average Bonchev–Trinajstić information content (AvgIpc) is 2.85. The lowest BCUT2D eigenvalue weighted by Gasteiger charge is -2.17. The molecule has 0 spiro atoms. The first-order chi connectivity index (χ1) is 7.50. The number of thiazole rings is 1. The Hall–Kier alpha value is -1.44. The van der Waals surface area contributed by atoms with Crippen molar-refractivity contribution in [3.05, 3.63) is 17.9 Å². The largest absolute Gasteiger partial charge is 0.408 e. The lowest BCUT2D eigenvalue weighted by Crippen LogP contribution is -2.23. The zero-order valence-corrected chi connectivity index (χ0v) is 8.96. The van der Waals surface area contributed by atoms with E-state index in [-0.39, 0.29) is 5.82 Å². The zero-order chi connectivity index (χ0) is 11.8. The van der Waals surface area contributed by atoms with E-state index in [9.17, 15) is 13.2 Å².